The van der Waals surface area contributed by atoms with Crippen molar-refractivity contribution in [2.24, 2.45) is 7.05 Å². The smallest absolute Gasteiger partial charge is 0.0645 e. The van der Waals surface area contributed by atoms with Gasteiger partial charge in [-0.3, -0.25) is 9.58 Å². The Morgan fingerprint density at radius 2 is 1.96 bits per heavy atom. The van der Waals surface area contributed by atoms with E-state index in [0.717, 1.165) is 18.8 Å². The maximum atomic E-state index is 4.62. The second kappa shape index (κ2) is 6.48. The first kappa shape index (κ1) is 16.1. The van der Waals surface area contributed by atoms with E-state index in [4.69, 9.17) is 0 Å². The summed E-state index contributed by atoms with van der Waals surface area (Å²) in [7, 11) is 2.04. The Kier molecular flexibility index (Phi) is 4.17. The molecule has 0 spiro atoms. The van der Waals surface area contributed by atoms with Crippen molar-refractivity contribution in [1.82, 2.24) is 24.5 Å². The van der Waals surface area contributed by atoms with E-state index in [1.807, 2.05) is 28.7 Å². The van der Waals surface area contributed by atoms with Crippen LogP contribution >= 0.6 is 0 Å². The molecule has 0 bridgehead atoms. The molecule has 0 radical (unpaired) electrons. The molecule has 3 heterocycles. The molecule has 130 valence electrons. The van der Waals surface area contributed by atoms with E-state index < -0.39 is 0 Å². The second-order valence-electron chi connectivity index (χ2n) is 6.95. The maximum absolute atomic E-state index is 4.62. The standard InChI is InChI=1S/C20H25N5/c1-15-20(16(2)23(3)22-15)19-6-4-12-24(19)14-17-7-9-18(10-8-17)25-13-5-11-21-25/h5,7-11,13,19H,4,6,12,14H2,1-3H3/t19-/m1/s1. The van der Waals surface area contributed by atoms with Crippen molar-refractivity contribution >= 4 is 0 Å². The normalized spacial score (nSPS) is 18.1. The van der Waals surface area contributed by atoms with Crippen LogP contribution in [0.25, 0.3) is 5.69 Å². The summed E-state index contributed by atoms with van der Waals surface area (Å²) in [5.74, 6) is 0. The van der Waals surface area contributed by atoms with Crippen LogP contribution in [-0.4, -0.2) is 31.0 Å². The monoisotopic (exact) mass is 335 g/mol. The minimum atomic E-state index is 0.486. The number of rotatable bonds is 4. The number of aryl methyl sites for hydroxylation is 2. The lowest BCUT2D eigenvalue weighted by molar-refractivity contribution is 0.247. The van der Waals surface area contributed by atoms with Gasteiger partial charge in [-0.15, -0.1) is 0 Å². The molecule has 1 aliphatic rings. The number of aromatic nitrogens is 4. The van der Waals surface area contributed by atoms with Gasteiger partial charge in [-0.25, -0.2) is 4.68 Å². The first-order chi connectivity index (χ1) is 12.1. The van der Waals surface area contributed by atoms with Crippen LogP contribution in [0.1, 0.15) is 41.4 Å². The maximum Gasteiger partial charge on any atom is 0.0645 e. The molecule has 1 fully saturated rings. The van der Waals surface area contributed by atoms with Gasteiger partial charge in [0.1, 0.15) is 0 Å². The molecule has 5 nitrogen and oxygen atoms in total. The fourth-order valence-corrected chi connectivity index (χ4v) is 4.02. The summed E-state index contributed by atoms with van der Waals surface area (Å²) in [5.41, 5.74) is 6.34. The molecule has 1 aliphatic heterocycles. The third-order valence-corrected chi connectivity index (χ3v) is 5.35. The van der Waals surface area contributed by atoms with Crippen LogP contribution in [0.5, 0.6) is 0 Å². The lowest BCUT2D eigenvalue weighted by Crippen LogP contribution is -2.23. The van der Waals surface area contributed by atoms with Crippen molar-refractivity contribution in [2.45, 2.75) is 39.3 Å². The Labute approximate surface area is 148 Å². The molecular weight excluding hydrogens is 310 g/mol. The highest BCUT2D eigenvalue weighted by atomic mass is 15.3. The Morgan fingerprint density at radius 1 is 1.16 bits per heavy atom. The third kappa shape index (κ3) is 3.00. The quantitative estimate of drug-likeness (QED) is 0.732. The average Bonchev–Trinajstić information content (AvgIpc) is 3.32. The summed E-state index contributed by atoms with van der Waals surface area (Å²) in [6.07, 6.45) is 6.25. The summed E-state index contributed by atoms with van der Waals surface area (Å²) in [5, 5.41) is 8.91. The molecule has 1 saturated heterocycles. The molecule has 4 rings (SSSR count). The predicted octanol–water partition coefficient (Wildman–Crippen LogP) is 3.56. The van der Waals surface area contributed by atoms with Gasteiger partial charge in [-0.1, -0.05) is 12.1 Å². The third-order valence-electron chi connectivity index (χ3n) is 5.35. The average molecular weight is 335 g/mol. The number of nitrogens with zero attached hydrogens (tertiary/aromatic N) is 5. The summed E-state index contributed by atoms with van der Waals surface area (Å²) >= 11 is 0. The first-order valence-electron chi connectivity index (χ1n) is 8.96. The number of likely N-dealkylation sites (tertiary alicyclic amines) is 1. The lowest BCUT2D eigenvalue weighted by Gasteiger charge is -2.25. The highest BCUT2D eigenvalue weighted by Gasteiger charge is 2.30. The van der Waals surface area contributed by atoms with Gasteiger partial charge in [0.15, 0.2) is 0 Å². The molecule has 3 aromatic rings. The Bertz CT molecular complexity index is 845. The number of benzene rings is 1. The SMILES string of the molecule is Cc1nn(C)c(C)c1[C@H]1CCCN1Cc1ccc(-n2cccn2)cc1. The summed E-state index contributed by atoms with van der Waals surface area (Å²) < 4.78 is 3.91. The minimum absolute atomic E-state index is 0.486. The van der Waals surface area contributed by atoms with Crippen molar-refractivity contribution in [2.75, 3.05) is 6.54 Å². The van der Waals surface area contributed by atoms with Crippen molar-refractivity contribution in [1.29, 1.82) is 0 Å². The zero-order valence-corrected chi connectivity index (χ0v) is 15.2. The molecule has 25 heavy (non-hydrogen) atoms. The molecule has 0 N–H and O–H groups in total. The van der Waals surface area contributed by atoms with Crippen LogP contribution in [0.3, 0.4) is 0 Å². The van der Waals surface area contributed by atoms with Gasteiger partial charge in [0.25, 0.3) is 0 Å². The first-order valence-corrected chi connectivity index (χ1v) is 8.96. The zero-order valence-electron chi connectivity index (χ0n) is 15.2. The van der Waals surface area contributed by atoms with Crippen LogP contribution < -0.4 is 0 Å². The van der Waals surface area contributed by atoms with E-state index in [9.17, 15) is 0 Å². The van der Waals surface area contributed by atoms with Gasteiger partial charge in [0.2, 0.25) is 0 Å². The van der Waals surface area contributed by atoms with Gasteiger partial charge in [-0.2, -0.15) is 10.2 Å². The number of hydrogen-bond acceptors (Lipinski definition) is 3. The van der Waals surface area contributed by atoms with Gasteiger partial charge in [0, 0.05) is 43.3 Å². The van der Waals surface area contributed by atoms with Gasteiger partial charge in [-0.05, 0) is 57.0 Å². The molecule has 5 heteroatoms. The minimum Gasteiger partial charge on any atom is -0.292 e. The van der Waals surface area contributed by atoms with E-state index in [1.54, 1.807) is 6.20 Å². The van der Waals surface area contributed by atoms with Crippen LogP contribution in [0.4, 0.5) is 0 Å². The topological polar surface area (TPSA) is 38.9 Å². The van der Waals surface area contributed by atoms with Crippen LogP contribution in [-0.2, 0) is 13.6 Å². The van der Waals surface area contributed by atoms with Gasteiger partial charge >= 0.3 is 0 Å². The van der Waals surface area contributed by atoms with E-state index in [2.05, 4.69) is 53.2 Å². The van der Waals surface area contributed by atoms with Crippen LogP contribution in [0.2, 0.25) is 0 Å². The predicted molar refractivity (Wildman–Crippen MR) is 98.6 cm³/mol. The van der Waals surface area contributed by atoms with E-state index in [-0.39, 0.29) is 0 Å². The summed E-state index contributed by atoms with van der Waals surface area (Å²) in [4.78, 5) is 2.60. The molecular formula is C20H25N5. The number of hydrogen-bond donors (Lipinski definition) is 0. The van der Waals surface area contributed by atoms with E-state index in [1.165, 1.54) is 35.4 Å². The highest BCUT2D eigenvalue weighted by Crippen LogP contribution is 2.36. The van der Waals surface area contributed by atoms with Gasteiger partial charge < -0.3 is 0 Å². The fraction of sp³-hybridized carbons (Fsp3) is 0.400. The summed E-state index contributed by atoms with van der Waals surface area (Å²) in [6, 6.07) is 11.2. The van der Waals surface area contributed by atoms with E-state index in [0.29, 0.717) is 6.04 Å². The molecule has 0 aliphatic carbocycles. The molecule has 0 unspecified atom stereocenters. The van der Waals surface area contributed by atoms with Crippen molar-refractivity contribution in [3.63, 3.8) is 0 Å². The van der Waals surface area contributed by atoms with Crippen molar-refractivity contribution in [3.05, 3.63) is 65.2 Å². The zero-order chi connectivity index (χ0) is 17.4. The largest absolute Gasteiger partial charge is 0.292 e. The van der Waals surface area contributed by atoms with Crippen molar-refractivity contribution in [3.8, 4) is 5.69 Å². The Morgan fingerprint density at radius 3 is 2.60 bits per heavy atom. The molecule has 1 atom stereocenters. The highest BCUT2D eigenvalue weighted by molar-refractivity contribution is 5.34. The van der Waals surface area contributed by atoms with E-state index >= 15 is 0 Å². The Balaban J connectivity index is 1.53. The lowest BCUT2D eigenvalue weighted by atomic mass is 10.0. The summed E-state index contributed by atoms with van der Waals surface area (Å²) in [6.45, 7) is 6.46. The molecule has 0 saturated carbocycles. The Hall–Kier alpha value is -2.40. The van der Waals surface area contributed by atoms with Gasteiger partial charge in [0.05, 0.1) is 11.4 Å². The molecule has 2 aromatic heterocycles. The van der Waals surface area contributed by atoms with Crippen LogP contribution in [0, 0.1) is 13.8 Å². The molecule has 0 amide bonds. The second-order valence-corrected chi connectivity index (χ2v) is 6.95. The molecule has 1 aromatic carbocycles. The fourth-order valence-electron chi connectivity index (χ4n) is 4.02. The van der Waals surface area contributed by atoms with Crippen molar-refractivity contribution < 1.29 is 0 Å². The van der Waals surface area contributed by atoms with Crippen LogP contribution in [0.15, 0.2) is 42.7 Å².